The molecule has 0 aliphatic rings. The molecule has 0 N–H and O–H groups in total. The fraction of sp³-hybridized carbons (Fsp3) is 0.200. The van der Waals surface area contributed by atoms with Crippen LogP contribution in [0.2, 0.25) is 0 Å². The Morgan fingerprint density at radius 3 is 2.07 bits per heavy atom. The zero-order chi connectivity index (χ0) is 20.4. The van der Waals surface area contributed by atoms with Crippen molar-refractivity contribution in [3.05, 3.63) is 95.4 Å². The summed E-state index contributed by atoms with van der Waals surface area (Å²) in [6, 6.07) is 24.7. The van der Waals surface area contributed by atoms with Gasteiger partial charge in [0.05, 0.1) is 0 Å². The van der Waals surface area contributed by atoms with Crippen LogP contribution >= 0.6 is 0 Å². The van der Waals surface area contributed by atoms with Crippen molar-refractivity contribution in [2.45, 2.75) is 33.1 Å². The predicted octanol–water partition coefficient (Wildman–Crippen LogP) is 6.47. The Bertz CT molecular complexity index is 1110. The van der Waals surface area contributed by atoms with E-state index in [1.807, 2.05) is 36.4 Å². The van der Waals surface area contributed by atoms with E-state index in [2.05, 4.69) is 67.3 Å². The number of rotatable bonds is 5. The van der Waals surface area contributed by atoms with Crippen molar-refractivity contribution >= 4 is 0 Å². The molecule has 4 heteroatoms. The summed E-state index contributed by atoms with van der Waals surface area (Å²) in [6.45, 7) is 8.36. The maximum absolute atomic E-state index is 6.05. The van der Waals surface area contributed by atoms with E-state index < -0.39 is 0 Å². The number of aryl methyl sites for hydroxylation is 2. The molecule has 3 aromatic carbocycles. The van der Waals surface area contributed by atoms with Crippen LogP contribution in [0.4, 0.5) is 0 Å². The van der Waals surface area contributed by atoms with Gasteiger partial charge in [-0.3, -0.25) is 0 Å². The predicted molar refractivity (Wildman–Crippen MR) is 114 cm³/mol. The third-order valence-corrected chi connectivity index (χ3v) is 5.20. The van der Waals surface area contributed by atoms with Gasteiger partial charge in [-0.2, -0.15) is 4.98 Å². The number of hydrogen-bond donors (Lipinski definition) is 0. The van der Waals surface area contributed by atoms with E-state index in [4.69, 9.17) is 9.26 Å². The first-order chi connectivity index (χ1) is 13.9. The SMILES string of the molecule is Cc1ccc(C(C)(C)c2ccc(Oc3cccc(-c4noc(C)n4)c3)cc2)cc1. The highest BCUT2D eigenvalue weighted by atomic mass is 16.5. The fourth-order valence-corrected chi connectivity index (χ4v) is 3.33. The summed E-state index contributed by atoms with van der Waals surface area (Å²) < 4.78 is 11.1. The van der Waals surface area contributed by atoms with Gasteiger partial charge in [-0.15, -0.1) is 0 Å². The van der Waals surface area contributed by atoms with Crippen molar-refractivity contribution in [3.63, 3.8) is 0 Å². The molecular weight excluding hydrogens is 360 g/mol. The molecule has 4 aromatic rings. The van der Waals surface area contributed by atoms with Crippen molar-refractivity contribution in [2.24, 2.45) is 0 Å². The first-order valence-electron chi connectivity index (χ1n) is 9.68. The molecule has 1 aromatic heterocycles. The number of nitrogens with zero attached hydrogens (tertiary/aromatic N) is 2. The highest BCUT2D eigenvalue weighted by Crippen LogP contribution is 2.33. The third-order valence-electron chi connectivity index (χ3n) is 5.20. The minimum Gasteiger partial charge on any atom is -0.457 e. The summed E-state index contributed by atoms with van der Waals surface area (Å²) in [5, 5.41) is 3.97. The average molecular weight is 384 g/mol. The molecule has 0 aliphatic heterocycles. The van der Waals surface area contributed by atoms with Crippen LogP contribution in [-0.2, 0) is 5.41 Å². The molecule has 0 bridgehead atoms. The lowest BCUT2D eigenvalue weighted by molar-refractivity contribution is 0.394. The van der Waals surface area contributed by atoms with Crippen LogP contribution in [0, 0.1) is 13.8 Å². The van der Waals surface area contributed by atoms with Crippen LogP contribution < -0.4 is 4.74 Å². The van der Waals surface area contributed by atoms with Crippen molar-refractivity contribution < 1.29 is 9.26 Å². The minimum absolute atomic E-state index is 0.0807. The molecule has 0 unspecified atom stereocenters. The molecule has 0 aliphatic carbocycles. The monoisotopic (exact) mass is 384 g/mol. The highest BCUT2D eigenvalue weighted by molar-refractivity contribution is 5.57. The van der Waals surface area contributed by atoms with E-state index >= 15 is 0 Å². The standard InChI is InChI=1S/C25H24N2O2/c1-17-8-10-20(11-9-17)25(3,4)21-12-14-22(15-13-21)28-23-7-5-6-19(16-23)24-26-18(2)29-27-24/h5-16H,1-4H3. The number of ether oxygens (including phenoxy) is 1. The lowest BCUT2D eigenvalue weighted by atomic mass is 9.78. The van der Waals surface area contributed by atoms with E-state index in [9.17, 15) is 0 Å². The molecule has 0 atom stereocenters. The lowest BCUT2D eigenvalue weighted by Gasteiger charge is -2.26. The highest BCUT2D eigenvalue weighted by Gasteiger charge is 2.22. The Kier molecular flexibility index (Phi) is 4.93. The number of hydrogen-bond acceptors (Lipinski definition) is 4. The van der Waals surface area contributed by atoms with Gasteiger partial charge in [-0.1, -0.05) is 73.1 Å². The zero-order valence-electron chi connectivity index (χ0n) is 17.1. The molecule has 0 amide bonds. The first-order valence-corrected chi connectivity index (χ1v) is 9.68. The maximum atomic E-state index is 6.05. The van der Waals surface area contributed by atoms with Gasteiger partial charge in [0.25, 0.3) is 0 Å². The van der Waals surface area contributed by atoms with Gasteiger partial charge in [-0.25, -0.2) is 0 Å². The van der Waals surface area contributed by atoms with Gasteiger partial charge in [0.2, 0.25) is 11.7 Å². The Labute approximate surface area is 171 Å². The molecular formula is C25H24N2O2. The van der Waals surface area contributed by atoms with Crippen molar-refractivity contribution in [2.75, 3.05) is 0 Å². The van der Waals surface area contributed by atoms with Crippen LogP contribution in [0.1, 0.15) is 36.4 Å². The van der Waals surface area contributed by atoms with Gasteiger partial charge >= 0.3 is 0 Å². The van der Waals surface area contributed by atoms with Crippen LogP contribution in [0.15, 0.2) is 77.3 Å². The van der Waals surface area contributed by atoms with E-state index in [0.29, 0.717) is 11.7 Å². The zero-order valence-corrected chi connectivity index (χ0v) is 17.1. The van der Waals surface area contributed by atoms with Crippen LogP contribution in [0.25, 0.3) is 11.4 Å². The molecule has 4 nitrogen and oxygen atoms in total. The van der Waals surface area contributed by atoms with E-state index in [0.717, 1.165) is 17.1 Å². The second-order valence-corrected chi connectivity index (χ2v) is 7.78. The smallest absolute Gasteiger partial charge is 0.223 e. The molecule has 0 saturated carbocycles. The van der Waals surface area contributed by atoms with E-state index in [1.54, 1.807) is 6.92 Å². The maximum Gasteiger partial charge on any atom is 0.223 e. The fourth-order valence-electron chi connectivity index (χ4n) is 3.33. The van der Waals surface area contributed by atoms with Crippen molar-refractivity contribution in [1.82, 2.24) is 10.1 Å². The molecule has 0 saturated heterocycles. The van der Waals surface area contributed by atoms with Crippen LogP contribution in [0.5, 0.6) is 11.5 Å². The van der Waals surface area contributed by atoms with E-state index in [-0.39, 0.29) is 5.41 Å². The molecule has 29 heavy (non-hydrogen) atoms. The Morgan fingerprint density at radius 2 is 1.45 bits per heavy atom. The summed E-state index contributed by atoms with van der Waals surface area (Å²) in [4.78, 5) is 4.27. The summed E-state index contributed by atoms with van der Waals surface area (Å²) in [7, 11) is 0. The molecule has 146 valence electrons. The largest absolute Gasteiger partial charge is 0.457 e. The number of aromatic nitrogens is 2. The second-order valence-electron chi connectivity index (χ2n) is 7.78. The van der Waals surface area contributed by atoms with Gasteiger partial charge < -0.3 is 9.26 Å². The lowest BCUT2D eigenvalue weighted by Crippen LogP contribution is -2.18. The number of benzene rings is 3. The van der Waals surface area contributed by atoms with Gasteiger partial charge in [0, 0.05) is 17.9 Å². The Hall–Kier alpha value is -3.40. The first kappa shape index (κ1) is 18.9. The topological polar surface area (TPSA) is 48.2 Å². The summed E-state index contributed by atoms with van der Waals surface area (Å²) in [6.07, 6.45) is 0. The Balaban J connectivity index is 1.53. The Morgan fingerprint density at radius 1 is 0.793 bits per heavy atom. The molecule has 1 heterocycles. The van der Waals surface area contributed by atoms with Gasteiger partial charge in [0.1, 0.15) is 11.5 Å². The van der Waals surface area contributed by atoms with Crippen molar-refractivity contribution in [3.8, 4) is 22.9 Å². The summed E-state index contributed by atoms with van der Waals surface area (Å²) in [5.74, 6) is 2.62. The van der Waals surface area contributed by atoms with Crippen LogP contribution in [0.3, 0.4) is 0 Å². The molecule has 0 spiro atoms. The third kappa shape index (κ3) is 4.06. The molecule has 0 fully saturated rings. The summed E-state index contributed by atoms with van der Waals surface area (Å²) in [5.41, 5.74) is 4.58. The van der Waals surface area contributed by atoms with Crippen LogP contribution in [-0.4, -0.2) is 10.1 Å². The molecule has 4 rings (SSSR count). The normalized spacial score (nSPS) is 11.4. The second kappa shape index (κ2) is 7.55. The average Bonchev–Trinajstić information content (AvgIpc) is 3.15. The van der Waals surface area contributed by atoms with Gasteiger partial charge in [0.15, 0.2) is 0 Å². The molecule has 0 radical (unpaired) electrons. The summed E-state index contributed by atoms with van der Waals surface area (Å²) >= 11 is 0. The quantitative estimate of drug-likeness (QED) is 0.395. The minimum atomic E-state index is -0.0807. The van der Waals surface area contributed by atoms with Gasteiger partial charge in [-0.05, 0) is 42.3 Å². The van der Waals surface area contributed by atoms with Crippen molar-refractivity contribution in [1.29, 1.82) is 0 Å². The van der Waals surface area contributed by atoms with E-state index in [1.165, 1.54) is 16.7 Å².